The number of hydrogen-bond donors (Lipinski definition) is 1. The van der Waals surface area contributed by atoms with E-state index in [1.165, 1.54) is 12.8 Å². The maximum absolute atomic E-state index is 4.74. The predicted octanol–water partition coefficient (Wildman–Crippen LogP) is 3.12. The second kappa shape index (κ2) is 4.84. The minimum Gasteiger partial charge on any atom is -0.370 e. The van der Waals surface area contributed by atoms with Crippen LogP contribution in [0.15, 0.2) is 36.7 Å². The first-order chi connectivity index (χ1) is 10.3. The lowest BCUT2D eigenvalue weighted by Gasteiger charge is -2.09. The van der Waals surface area contributed by atoms with Crippen molar-refractivity contribution in [1.82, 2.24) is 19.5 Å². The number of fused-ring (bicyclic) bond motifs is 1. The van der Waals surface area contributed by atoms with Gasteiger partial charge < -0.3 is 5.32 Å². The van der Waals surface area contributed by atoms with Gasteiger partial charge in [-0.15, -0.1) is 0 Å². The average molecular weight is 279 g/mol. The van der Waals surface area contributed by atoms with Crippen molar-refractivity contribution < 1.29 is 0 Å². The molecule has 2 aromatic heterocycles. The number of para-hydroxylation sites is 2. The molecule has 0 saturated heterocycles. The molecule has 2 heterocycles. The molecule has 0 amide bonds. The third-order valence-electron chi connectivity index (χ3n) is 3.73. The number of nitrogens with zero attached hydrogens (tertiary/aromatic N) is 4. The first-order valence-electron chi connectivity index (χ1n) is 7.40. The molecule has 0 radical (unpaired) electrons. The summed E-state index contributed by atoms with van der Waals surface area (Å²) in [6, 6.07) is 10.1. The molecule has 4 rings (SSSR count). The number of nitrogens with one attached hydrogen (secondary N) is 1. The van der Waals surface area contributed by atoms with Crippen molar-refractivity contribution in [2.24, 2.45) is 0 Å². The molecule has 1 aliphatic rings. The Morgan fingerprint density at radius 3 is 2.90 bits per heavy atom. The molecule has 1 aromatic carbocycles. The van der Waals surface area contributed by atoms with E-state index in [-0.39, 0.29) is 0 Å². The van der Waals surface area contributed by atoms with Crippen LogP contribution in [0.3, 0.4) is 0 Å². The van der Waals surface area contributed by atoms with Crippen molar-refractivity contribution in [2.45, 2.75) is 25.7 Å². The van der Waals surface area contributed by atoms with E-state index in [1.807, 2.05) is 35.2 Å². The summed E-state index contributed by atoms with van der Waals surface area (Å²) in [6.07, 6.45) is 4.22. The van der Waals surface area contributed by atoms with Crippen molar-refractivity contribution >= 4 is 16.9 Å². The van der Waals surface area contributed by atoms with Crippen molar-refractivity contribution in [3.8, 4) is 5.82 Å². The molecule has 1 N–H and O–H groups in total. The van der Waals surface area contributed by atoms with Gasteiger partial charge in [0.15, 0.2) is 0 Å². The highest BCUT2D eigenvalue weighted by molar-refractivity contribution is 5.76. The molecule has 0 unspecified atom stereocenters. The lowest BCUT2D eigenvalue weighted by atomic mass is 10.3. The minimum atomic E-state index is 0.525. The van der Waals surface area contributed by atoms with E-state index < -0.39 is 0 Å². The normalized spacial score (nSPS) is 14.5. The number of imidazole rings is 1. The van der Waals surface area contributed by atoms with E-state index in [9.17, 15) is 0 Å². The van der Waals surface area contributed by atoms with Crippen molar-refractivity contribution in [3.05, 3.63) is 42.5 Å². The molecule has 5 nitrogen and oxygen atoms in total. The van der Waals surface area contributed by atoms with Gasteiger partial charge in [0.05, 0.1) is 11.0 Å². The van der Waals surface area contributed by atoms with E-state index in [0.717, 1.165) is 35.0 Å². The van der Waals surface area contributed by atoms with E-state index in [2.05, 4.69) is 28.3 Å². The fourth-order valence-electron chi connectivity index (χ4n) is 2.51. The Balaban J connectivity index is 1.86. The zero-order valence-corrected chi connectivity index (χ0v) is 12.0. The molecule has 1 saturated carbocycles. The van der Waals surface area contributed by atoms with Crippen LogP contribution in [0.1, 0.15) is 31.5 Å². The van der Waals surface area contributed by atoms with E-state index >= 15 is 0 Å². The molecule has 0 bridgehead atoms. The summed E-state index contributed by atoms with van der Waals surface area (Å²) in [7, 11) is 0. The second-order valence-electron chi connectivity index (χ2n) is 5.38. The van der Waals surface area contributed by atoms with Crippen LogP contribution in [0.4, 0.5) is 5.82 Å². The van der Waals surface area contributed by atoms with Crippen LogP contribution < -0.4 is 5.32 Å². The largest absolute Gasteiger partial charge is 0.370 e. The van der Waals surface area contributed by atoms with Crippen molar-refractivity contribution in [3.63, 3.8) is 0 Å². The highest BCUT2D eigenvalue weighted by Crippen LogP contribution is 2.38. The first kappa shape index (κ1) is 12.3. The molecule has 5 heteroatoms. The fraction of sp³-hybridized carbons (Fsp3) is 0.312. The fourth-order valence-corrected chi connectivity index (χ4v) is 2.51. The van der Waals surface area contributed by atoms with Crippen LogP contribution in [0.5, 0.6) is 0 Å². The van der Waals surface area contributed by atoms with Crippen molar-refractivity contribution in [2.75, 3.05) is 11.9 Å². The van der Waals surface area contributed by atoms with Gasteiger partial charge in [-0.2, -0.15) is 0 Å². The van der Waals surface area contributed by atoms with Crippen LogP contribution in [-0.4, -0.2) is 26.1 Å². The molecule has 21 heavy (non-hydrogen) atoms. The van der Waals surface area contributed by atoms with Gasteiger partial charge in [-0.3, -0.25) is 4.57 Å². The molecule has 0 aliphatic heterocycles. The Kier molecular flexibility index (Phi) is 2.84. The van der Waals surface area contributed by atoms with Crippen LogP contribution in [-0.2, 0) is 0 Å². The van der Waals surface area contributed by atoms with Gasteiger partial charge in [0, 0.05) is 18.5 Å². The zero-order chi connectivity index (χ0) is 14.2. The summed E-state index contributed by atoms with van der Waals surface area (Å²) >= 11 is 0. The minimum absolute atomic E-state index is 0.525. The molecule has 1 fully saturated rings. The number of aromatic nitrogens is 4. The maximum Gasteiger partial charge on any atom is 0.144 e. The Morgan fingerprint density at radius 1 is 1.24 bits per heavy atom. The molecular weight excluding hydrogens is 262 g/mol. The maximum atomic E-state index is 4.74. The SMILES string of the molecule is CCNc1cc(-n2cnc3ccccc32)nc(C2CC2)n1. The lowest BCUT2D eigenvalue weighted by Crippen LogP contribution is -2.07. The number of anilines is 1. The highest BCUT2D eigenvalue weighted by atomic mass is 15.1. The Bertz CT molecular complexity index is 788. The van der Waals surface area contributed by atoms with Crippen molar-refractivity contribution in [1.29, 1.82) is 0 Å². The zero-order valence-electron chi connectivity index (χ0n) is 12.0. The smallest absolute Gasteiger partial charge is 0.144 e. The summed E-state index contributed by atoms with van der Waals surface area (Å²) in [5.74, 6) is 3.25. The van der Waals surface area contributed by atoms with Crippen LogP contribution in [0.2, 0.25) is 0 Å². The third-order valence-corrected chi connectivity index (χ3v) is 3.73. The van der Waals surface area contributed by atoms with Gasteiger partial charge in [0.1, 0.15) is 23.8 Å². The van der Waals surface area contributed by atoms with Gasteiger partial charge in [-0.1, -0.05) is 12.1 Å². The van der Waals surface area contributed by atoms with Crippen LogP contribution in [0.25, 0.3) is 16.9 Å². The number of benzene rings is 1. The monoisotopic (exact) mass is 279 g/mol. The van der Waals surface area contributed by atoms with Gasteiger partial charge >= 0.3 is 0 Å². The predicted molar refractivity (Wildman–Crippen MR) is 82.8 cm³/mol. The van der Waals surface area contributed by atoms with E-state index in [1.54, 1.807) is 0 Å². The van der Waals surface area contributed by atoms with Crippen LogP contribution >= 0.6 is 0 Å². The molecule has 0 spiro atoms. The summed E-state index contributed by atoms with van der Waals surface area (Å²) in [5, 5.41) is 3.30. The molecule has 0 atom stereocenters. The third kappa shape index (κ3) is 2.24. The summed E-state index contributed by atoms with van der Waals surface area (Å²) in [6.45, 7) is 2.93. The lowest BCUT2D eigenvalue weighted by molar-refractivity contribution is 0.885. The van der Waals surface area contributed by atoms with E-state index in [0.29, 0.717) is 5.92 Å². The molecule has 3 aromatic rings. The second-order valence-corrected chi connectivity index (χ2v) is 5.38. The first-order valence-corrected chi connectivity index (χ1v) is 7.40. The van der Waals surface area contributed by atoms with Gasteiger partial charge in [-0.05, 0) is 31.9 Å². The number of hydrogen-bond acceptors (Lipinski definition) is 4. The van der Waals surface area contributed by atoms with E-state index in [4.69, 9.17) is 4.98 Å². The molecular formula is C16H17N5. The topological polar surface area (TPSA) is 55.6 Å². The van der Waals surface area contributed by atoms with Gasteiger partial charge in [-0.25, -0.2) is 15.0 Å². The average Bonchev–Trinajstić information content (AvgIpc) is 3.27. The Hall–Kier alpha value is -2.43. The molecule has 106 valence electrons. The summed E-state index contributed by atoms with van der Waals surface area (Å²) in [5.41, 5.74) is 2.05. The molecule has 1 aliphatic carbocycles. The summed E-state index contributed by atoms with van der Waals surface area (Å²) in [4.78, 5) is 13.8. The standard InChI is InChI=1S/C16H17N5/c1-2-17-14-9-15(20-16(19-14)11-7-8-11)21-10-18-12-5-3-4-6-13(12)21/h3-6,9-11H,2,7-8H2,1H3,(H,17,19,20). The number of rotatable bonds is 4. The van der Waals surface area contributed by atoms with Crippen LogP contribution in [0, 0.1) is 0 Å². The Morgan fingerprint density at radius 2 is 2.10 bits per heavy atom. The van der Waals surface area contributed by atoms with Gasteiger partial charge in [0.2, 0.25) is 0 Å². The Labute approximate surface area is 123 Å². The highest BCUT2D eigenvalue weighted by Gasteiger charge is 2.27. The quantitative estimate of drug-likeness (QED) is 0.797. The van der Waals surface area contributed by atoms with Gasteiger partial charge in [0.25, 0.3) is 0 Å². The summed E-state index contributed by atoms with van der Waals surface area (Å²) < 4.78 is 2.03.